The number of hydrogen-bond donors (Lipinski definition) is 0. The molecule has 3 amide bonds. The second-order valence-electron chi connectivity index (χ2n) is 7.01. The molecule has 4 rings (SSSR count). The molecule has 1 aromatic carbocycles. The summed E-state index contributed by atoms with van der Waals surface area (Å²) in [5.41, 5.74) is 3.57. The molecule has 2 aromatic rings. The van der Waals surface area contributed by atoms with Gasteiger partial charge in [0.1, 0.15) is 5.69 Å². The third-order valence-electron chi connectivity index (χ3n) is 5.22. The average molecular weight is 398 g/mol. The highest BCUT2D eigenvalue weighted by molar-refractivity contribution is 7.07. The second-order valence-corrected chi connectivity index (χ2v) is 7.73. The van der Waals surface area contributed by atoms with Crippen molar-refractivity contribution in [1.29, 1.82) is 0 Å². The van der Waals surface area contributed by atoms with E-state index < -0.39 is 0 Å². The van der Waals surface area contributed by atoms with Crippen LogP contribution in [-0.2, 0) is 4.79 Å². The maximum atomic E-state index is 12.9. The fraction of sp³-hybridized carbons (Fsp3) is 0.400. The van der Waals surface area contributed by atoms with Crippen LogP contribution in [0.1, 0.15) is 40.1 Å². The van der Waals surface area contributed by atoms with Crippen LogP contribution in [0.5, 0.6) is 0 Å². The maximum absolute atomic E-state index is 12.9. The van der Waals surface area contributed by atoms with Gasteiger partial charge >= 0.3 is 0 Å². The van der Waals surface area contributed by atoms with Crippen molar-refractivity contribution in [3.8, 4) is 0 Å². The van der Waals surface area contributed by atoms with E-state index in [1.54, 1.807) is 37.7 Å². The Morgan fingerprint density at radius 2 is 1.61 bits per heavy atom. The van der Waals surface area contributed by atoms with Crippen molar-refractivity contribution in [3.63, 3.8) is 0 Å². The zero-order chi connectivity index (χ0) is 19.5. The molecule has 8 heteroatoms. The van der Waals surface area contributed by atoms with Crippen molar-refractivity contribution in [1.82, 2.24) is 14.8 Å². The van der Waals surface area contributed by atoms with Crippen LogP contribution >= 0.6 is 11.3 Å². The number of carbonyl (C=O) groups excluding carboxylic acids is 3. The van der Waals surface area contributed by atoms with Crippen LogP contribution in [-0.4, -0.2) is 65.2 Å². The van der Waals surface area contributed by atoms with E-state index in [0.29, 0.717) is 43.9 Å². The first-order chi connectivity index (χ1) is 13.6. The molecule has 0 radical (unpaired) electrons. The Morgan fingerprint density at radius 1 is 0.893 bits per heavy atom. The molecule has 2 fully saturated rings. The standard InChI is InChI=1S/C20H22N4O3S/c25-18-3-1-10-24(18)16-6-4-15(5-7-16)19(26)22-8-2-9-23(12-11-22)20(27)17-13-28-14-21-17/h4-7,13-14H,1-3,8-12H2. The number of amides is 3. The van der Waals surface area contributed by atoms with Crippen molar-refractivity contribution in [3.05, 3.63) is 46.4 Å². The lowest BCUT2D eigenvalue weighted by atomic mass is 10.1. The Morgan fingerprint density at radius 3 is 2.21 bits per heavy atom. The van der Waals surface area contributed by atoms with Crippen LogP contribution in [0.15, 0.2) is 35.2 Å². The highest BCUT2D eigenvalue weighted by Gasteiger charge is 2.25. The topological polar surface area (TPSA) is 73.8 Å². The van der Waals surface area contributed by atoms with E-state index >= 15 is 0 Å². The lowest BCUT2D eigenvalue weighted by Gasteiger charge is -2.22. The van der Waals surface area contributed by atoms with Crippen LogP contribution in [0.4, 0.5) is 5.69 Å². The highest BCUT2D eigenvalue weighted by Crippen LogP contribution is 2.22. The smallest absolute Gasteiger partial charge is 0.273 e. The van der Waals surface area contributed by atoms with Gasteiger partial charge in [-0.1, -0.05) is 0 Å². The Labute approximate surface area is 167 Å². The minimum Gasteiger partial charge on any atom is -0.337 e. The van der Waals surface area contributed by atoms with Gasteiger partial charge in [-0.3, -0.25) is 14.4 Å². The lowest BCUT2D eigenvalue weighted by molar-refractivity contribution is -0.117. The van der Waals surface area contributed by atoms with Gasteiger partial charge in [0.2, 0.25) is 5.91 Å². The van der Waals surface area contributed by atoms with Crippen LogP contribution < -0.4 is 4.90 Å². The zero-order valence-corrected chi connectivity index (χ0v) is 16.4. The molecule has 3 heterocycles. The third kappa shape index (κ3) is 3.77. The average Bonchev–Trinajstić information content (AvgIpc) is 3.34. The fourth-order valence-electron chi connectivity index (χ4n) is 3.69. The predicted octanol–water partition coefficient (Wildman–Crippen LogP) is 2.26. The first-order valence-electron chi connectivity index (χ1n) is 9.50. The molecule has 0 unspecified atom stereocenters. The molecular formula is C20H22N4O3S. The van der Waals surface area contributed by atoms with Crippen molar-refractivity contribution >= 4 is 34.7 Å². The molecule has 2 aliphatic rings. The van der Waals surface area contributed by atoms with E-state index in [0.717, 1.165) is 25.1 Å². The SMILES string of the molecule is O=C(c1ccc(N2CCCC2=O)cc1)N1CCCN(C(=O)c2cscn2)CC1. The summed E-state index contributed by atoms with van der Waals surface area (Å²) >= 11 is 1.40. The van der Waals surface area contributed by atoms with Gasteiger partial charge in [-0.2, -0.15) is 0 Å². The highest BCUT2D eigenvalue weighted by atomic mass is 32.1. The Kier molecular flexibility index (Phi) is 5.38. The van der Waals surface area contributed by atoms with Crippen molar-refractivity contribution < 1.29 is 14.4 Å². The number of benzene rings is 1. The summed E-state index contributed by atoms with van der Waals surface area (Å²) in [4.78, 5) is 46.7. The van der Waals surface area contributed by atoms with Gasteiger partial charge in [-0.25, -0.2) is 4.98 Å². The van der Waals surface area contributed by atoms with Crippen molar-refractivity contribution in [2.75, 3.05) is 37.6 Å². The monoisotopic (exact) mass is 398 g/mol. The summed E-state index contributed by atoms with van der Waals surface area (Å²) in [6.07, 6.45) is 2.20. The molecule has 0 aliphatic carbocycles. The molecule has 0 saturated carbocycles. The molecular weight excluding hydrogens is 376 g/mol. The lowest BCUT2D eigenvalue weighted by Crippen LogP contribution is -2.37. The summed E-state index contributed by atoms with van der Waals surface area (Å²) in [7, 11) is 0. The quantitative estimate of drug-likeness (QED) is 0.795. The first-order valence-corrected chi connectivity index (χ1v) is 10.4. The van der Waals surface area contributed by atoms with Gasteiger partial charge in [-0.05, 0) is 37.1 Å². The van der Waals surface area contributed by atoms with Crippen LogP contribution in [0.25, 0.3) is 0 Å². The van der Waals surface area contributed by atoms with E-state index in [1.807, 2.05) is 12.1 Å². The number of aromatic nitrogens is 1. The molecule has 146 valence electrons. The summed E-state index contributed by atoms with van der Waals surface area (Å²) in [6.45, 7) is 2.98. The molecule has 0 atom stereocenters. The number of hydrogen-bond acceptors (Lipinski definition) is 5. The fourth-order valence-corrected chi connectivity index (χ4v) is 4.22. The number of rotatable bonds is 3. The molecule has 0 spiro atoms. The first kappa shape index (κ1) is 18.6. The Bertz CT molecular complexity index is 866. The maximum Gasteiger partial charge on any atom is 0.273 e. The van der Waals surface area contributed by atoms with Gasteiger partial charge in [0.15, 0.2) is 0 Å². The summed E-state index contributed by atoms with van der Waals surface area (Å²) in [6, 6.07) is 7.25. The van der Waals surface area contributed by atoms with Crippen molar-refractivity contribution in [2.45, 2.75) is 19.3 Å². The molecule has 1 aromatic heterocycles. The Hall–Kier alpha value is -2.74. The van der Waals surface area contributed by atoms with E-state index in [9.17, 15) is 14.4 Å². The van der Waals surface area contributed by atoms with E-state index in [4.69, 9.17) is 0 Å². The largest absolute Gasteiger partial charge is 0.337 e. The number of anilines is 1. The zero-order valence-electron chi connectivity index (χ0n) is 15.5. The summed E-state index contributed by atoms with van der Waals surface area (Å²) in [5, 5.41) is 1.75. The number of carbonyl (C=O) groups is 3. The van der Waals surface area contributed by atoms with Gasteiger partial charge in [-0.15, -0.1) is 11.3 Å². The second kappa shape index (κ2) is 8.10. The van der Waals surface area contributed by atoms with Crippen LogP contribution in [0.3, 0.4) is 0 Å². The van der Waals surface area contributed by atoms with Gasteiger partial charge in [0.25, 0.3) is 11.8 Å². The van der Waals surface area contributed by atoms with Gasteiger partial charge in [0, 0.05) is 55.8 Å². The summed E-state index contributed by atoms with van der Waals surface area (Å²) < 4.78 is 0. The van der Waals surface area contributed by atoms with E-state index in [2.05, 4.69) is 4.98 Å². The van der Waals surface area contributed by atoms with Gasteiger partial charge in [0.05, 0.1) is 5.51 Å². The van der Waals surface area contributed by atoms with Gasteiger partial charge < -0.3 is 14.7 Å². The molecule has 0 bridgehead atoms. The van der Waals surface area contributed by atoms with Crippen LogP contribution in [0.2, 0.25) is 0 Å². The van der Waals surface area contributed by atoms with Crippen LogP contribution in [0, 0.1) is 0 Å². The van der Waals surface area contributed by atoms with E-state index in [-0.39, 0.29) is 17.7 Å². The minimum atomic E-state index is -0.0739. The Balaban J connectivity index is 1.39. The predicted molar refractivity (Wildman–Crippen MR) is 107 cm³/mol. The minimum absolute atomic E-state index is 0.0396. The normalized spacial score (nSPS) is 17.7. The molecule has 2 saturated heterocycles. The third-order valence-corrected chi connectivity index (χ3v) is 5.81. The molecule has 7 nitrogen and oxygen atoms in total. The number of nitrogens with zero attached hydrogens (tertiary/aromatic N) is 4. The molecule has 2 aliphatic heterocycles. The van der Waals surface area contributed by atoms with Crippen molar-refractivity contribution in [2.24, 2.45) is 0 Å². The number of thiazole rings is 1. The summed E-state index contributed by atoms with van der Waals surface area (Å²) in [5.74, 6) is 0.0221. The van der Waals surface area contributed by atoms with E-state index in [1.165, 1.54) is 11.3 Å². The molecule has 0 N–H and O–H groups in total. The molecule has 28 heavy (non-hydrogen) atoms.